The smallest absolute Gasteiger partial charge is 0.0412 e. The molecule has 0 unspecified atom stereocenters. The number of nitrogen functional groups attached to an aromatic ring is 1. The summed E-state index contributed by atoms with van der Waals surface area (Å²) in [6, 6.07) is 14.8. The first kappa shape index (κ1) is 12.5. The third-order valence-corrected chi connectivity index (χ3v) is 3.37. The van der Waals surface area contributed by atoms with Crippen molar-refractivity contribution in [3.63, 3.8) is 0 Å². The minimum absolute atomic E-state index is 0.841. The lowest BCUT2D eigenvalue weighted by atomic mass is 10.1. The van der Waals surface area contributed by atoms with Gasteiger partial charge in [-0.15, -0.1) is 0 Å². The van der Waals surface area contributed by atoms with Crippen molar-refractivity contribution in [3.8, 4) is 0 Å². The molecule has 0 spiro atoms. The van der Waals surface area contributed by atoms with Gasteiger partial charge in [-0.05, 0) is 54.8 Å². The normalized spacial score (nSPS) is 10.4. The molecular formula is C16H20N2. The molecule has 0 bridgehead atoms. The van der Waals surface area contributed by atoms with Gasteiger partial charge in [0, 0.05) is 24.1 Å². The minimum atomic E-state index is 0.841. The van der Waals surface area contributed by atoms with E-state index < -0.39 is 0 Å². The molecule has 2 heteroatoms. The van der Waals surface area contributed by atoms with Crippen molar-refractivity contribution in [2.45, 2.75) is 20.3 Å². The topological polar surface area (TPSA) is 29.3 Å². The highest BCUT2D eigenvalue weighted by Crippen LogP contribution is 2.26. The van der Waals surface area contributed by atoms with Gasteiger partial charge in [0.2, 0.25) is 0 Å². The van der Waals surface area contributed by atoms with Gasteiger partial charge in [-0.1, -0.05) is 19.1 Å². The second-order valence-electron chi connectivity index (χ2n) is 4.62. The van der Waals surface area contributed by atoms with Gasteiger partial charge in [0.05, 0.1) is 0 Å². The van der Waals surface area contributed by atoms with Crippen LogP contribution in [0.4, 0.5) is 17.1 Å². The first-order valence-electron chi connectivity index (χ1n) is 6.30. The van der Waals surface area contributed by atoms with Crippen LogP contribution in [0.25, 0.3) is 0 Å². The summed E-state index contributed by atoms with van der Waals surface area (Å²) in [5, 5.41) is 0. The van der Waals surface area contributed by atoms with Gasteiger partial charge in [-0.2, -0.15) is 0 Å². The Labute approximate surface area is 109 Å². The van der Waals surface area contributed by atoms with E-state index in [1.165, 1.54) is 11.3 Å². The fraction of sp³-hybridized carbons (Fsp3) is 0.250. The monoisotopic (exact) mass is 240 g/mol. The Morgan fingerprint density at radius 1 is 1.00 bits per heavy atom. The number of aryl methyl sites for hydroxylation is 2. The van der Waals surface area contributed by atoms with Gasteiger partial charge in [-0.3, -0.25) is 0 Å². The molecule has 2 aromatic carbocycles. The van der Waals surface area contributed by atoms with E-state index in [0.717, 1.165) is 23.4 Å². The quantitative estimate of drug-likeness (QED) is 0.824. The molecule has 2 nitrogen and oxygen atoms in total. The highest BCUT2D eigenvalue weighted by atomic mass is 15.1. The van der Waals surface area contributed by atoms with Crippen LogP contribution in [-0.2, 0) is 6.42 Å². The molecule has 0 amide bonds. The average molecular weight is 240 g/mol. The van der Waals surface area contributed by atoms with Crippen molar-refractivity contribution in [3.05, 3.63) is 53.6 Å². The second kappa shape index (κ2) is 5.13. The van der Waals surface area contributed by atoms with E-state index in [-0.39, 0.29) is 0 Å². The molecule has 0 aliphatic heterocycles. The Morgan fingerprint density at radius 3 is 2.17 bits per heavy atom. The highest BCUT2D eigenvalue weighted by molar-refractivity contribution is 5.66. The number of benzene rings is 2. The zero-order valence-corrected chi connectivity index (χ0v) is 11.3. The van der Waals surface area contributed by atoms with Crippen LogP contribution < -0.4 is 10.6 Å². The van der Waals surface area contributed by atoms with Crippen LogP contribution in [0.2, 0.25) is 0 Å². The van der Waals surface area contributed by atoms with Crippen LogP contribution in [0.5, 0.6) is 0 Å². The molecule has 2 aromatic rings. The molecule has 0 aromatic heterocycles. The Morgan fingerprint density at radius 2 is 1.61 bits per heavy atom. The molecule has 0 fully saturated rings. The van der Waals surface area contributed by atoms with E-state index >= 15 is 0 Å². The number of nitrogens with two attached hydrogens (primary N) is 1. The molecule has 0 radical (unpaired) electrons. The number of hydrogen-bond donors (Lipinski definition) is 1. The summed E-state index contributed by atoms with van der Waals surface area (Å²) >= 11 is 0. The zero-order chi connectivity index (χ0) is 13.1. The Balaban J connectivity index is 2.28. The fourth-order valence-electron chi connectivity index (χ4n) is 1.97. The molecule has 2 N–H and O–H groups in total. The second-order valence-corrected chi connectivity index (χ2v) is 4.62. The predicted octanol–water partition coefficient (Wildman–Crippen LogP) is 3.91. The van der Waals surface area contributed by atoms with Gasteiger partial charge in [0.25, 0.3) is 0 Å². The van der Waals surface area contributed by atoms with Gasteiger partial charge >= 0.3 is 0 Å². The number of anilines is 3. The lowest BCUT2D eigenvalue weighted by Crippen LogP contribution is -2.09. The van der Waals surface area contributed by atoms with Crippen LogP contribution in [-0.4, -0.2) is 7.05 Å². The summed E-state index contributed by atoms with van der Waals surface area (Å²) in [5.74, 6) is 0. The minimum Gasteiger partial charge on any atom is -0.399 e. The maximum absolute atomic E-state index is 5.85. The van der Waals surface area contributed by atoms with E-state index in [0.29, 0.717) is 0 Å². The molecule has 0 heterocycles. The molecule has 2 rings (SSSR count). The Hall–Kier alpha value is -1.96. The third kappa shape index (κ3) is 2.48. The average Bonchev–Trinajstić information content (AvgIpc) is 2.41. The van der Waals surface area contributed by atoms with E-state index in [1.54, 1.807) is 0 Å². The van der Waals surface area contributed by atoms with Crippen molar-refractivity contribution in [2.75, 3.05) is 17.7 Å². The summed E-state index contributed by atoms with van der Waals surface area (Å²) in [6.07, 6.45) is 1.07. The van der Waals surface area contributed by atoms with E-state index in [4.69, 9.17) is 5.73 Å². The number of nitrogens with zero attached hydrogens (tertiary/aromatic N) is 1. The van der Waals surface area contributed by atoms with Crippen molar-refractivity contribution in [1.29, 1.82) is 0 Å². The first-order valence-corrected chi connectivity index (χ1v) is 6.30. The van der Waals surface area contributed by atoms with Crippen LogP contribution in [0.15, 0.2) is 42.5 Å². The molecule has 94 valence electrons. The van der Waals surface area contributed by atoms with Crippen LogP contribution in [0.1, 0.15) is 18.1 Å². The summed E-state index contributed by atoms with van der Waals surface area (Å²) in [7, 11) is 2.08. The Bertz CT molecular complexity index is 529. The van der Waals surface area contributed by atoms with Gasteiger partial charge < -0.3 is 10.6 Å². The molecule has 0 atom stereocenters. The van der Waals surface area contributed by atoms with E-state index in [9.17, 15) is 0 Å². The summed E-state index contributed by atoms with van der Waals surface area (Å²) in [4.78, 5) is 2.17. The van der Waals surface area contributed by atoms with Crippen molar-refractivity contribution < 1.29 is 0 Å². The first-order chi connectivity index (χ1) is 8.61. The highest BCUT2D eigenvalue weighted by Gasteiger charge is 2.05. The summed E-state index contributed by atoms with van der Waals surface area (Å²) in [6.45, 7) is 4.20. The van der Waals surface area contributed by atoms with Gasteiger partial charge in [-0.25, -0.2) is 0 Å². The fourth-order valence-corrected chi connectivity index (χ4v) is 1.97. The summed E-state index contributed by atoms with van der Waals surface area (Å²) in [5.41, 5.74) is 11.5. The lowest BCUT2D eigenvalue weighted by molar-refractivity contribution is 1.13. The van der Waals surface area contributed by atoms with Gasteiger partial charge in [0.15, 0.2) is 0 Å². The summed E-state index contributed by atoms with van der Waals surface area (Å²) < 4.78 is 0. The van der Waals surface area contributed by atoms with Crippen LogP contribution in [0.3, 0.4) is 0 Å². The maximum Gasteiger partial charge on any atom is 0.0412 e. The van der Waals surface area contributed by atoms with Crippen molar-refractivity contribution in [1.82, 2.24) is 0 Å². The third-order valence-electron chi connectivity index (χ3n) is 3.37. The lowest BCUT2D eigenvalue weighted by Gasteiger charge is -2.20. The largest absolute Gasteiger partial charge is 0.399 e. The van der Waals surface area contributed by atoms with Crippen molar-refractivity contribution in [2.24, 2.45) is 0 Å². The zero-order valence-electron chi connectivity index (χ0n) is 11.3. The van der Waals surface area contributed by atoms with Gasteiger partial charge in [0.1, 0.15) is 0 Å². The number of hydrogen-bond acceptors (Lipinski definition) is 2. The maximum atomic E-state index is 5.85. The molecule has 0 aliphatic rings. The SMILES string of the molecule is CCc1ccc(N(C)c2ccc(N)c(C)c2)cc1. The molecule has 18 heavy (non-hydrogen) atoms. The van der Waals surface area contributed by atoms with Crippen molar-refractivity contribution >= 4 is 17.1 Å². The predicted molar refractivity (Wildman–Crippen MR) is 79.5 cm³/mol. The molecule has 0 saturated heterocycles. The molecule has 0 saturated carbocycles. The molecule has 0 aliphatic carbocycles. The standard InChI is InChI=1S/C16H20N2/c1-4-13-5-7-14(8-6-13)18(3)15-9-10-16(17)12(2)11-15/h5-11H,4,17H2,1-3H3. The van der Waals surface area contributed by atoms with E-state index in [2.05, 4.69) is 55.3 Å². The Kier molecular flexibility index (Phi) is 3.56. The van der Waals surface area contributed by atoms with E-state index in [1.807, 2.05) is 13.0 Å². The number of rotatable bonds is 3. The van der Waals surface area contributed by atoms with Crippen LogP contribution in [0, 0.1) is 6.92 Å². The van der Waals surface area contributed by atoms with Crippen LogP contribution >= 0.6 is 0 Å². The molecular weight excluding hydrogens is 220 g/mol.